The van der Waals surface area contributed by atoms with Gasteiger partial charge in [-0.15, -0.1) is 0 Å². The third-order valence-corrected chi connectivity index (χ3v) is 5.22. The quantitative estimate of drug-likeness (QED) is 0.313. The molecule has 0 aromatic heterocycles. The molecule has 126 valence electrons. The molecule has 0 aliphatic carbocycles. The van der Waals surface area contributed by atoms with E-state index in [0.717, 1.165) is 17.5 Å². The Morgan fingerprint density at radius 3 is 1.86 bits per heavy atom. The molecule has 0 aliphatic heterocycles. The molecular weight excluding hydrogens is 274 g/mol. The van der Waals surface area contributed by atoms with Crippen molar-refractivity contribution >= 4 is 17.2 Å². The van der Waals surface area contributed by atoms with Crippen LogP contribution in [0, 0.1) is 17.8 Å². The van der Waals surface area contributed by atoms with Crippen molar-refractivity contribution in [3.8, 4) is 0 Å². The van der Waals surface area contributed by atoms with Crippen LogP contribution in [-0.2, 0) is 0 Å². The fraction of sp³-hybridized carbons (Fsp3) is 0.947. The van der Waals surface area contributed by atoms with Crippen LogP contribution in [-0.4, -0.2) is 11.5 Å². The van der Waals surface area contributed by atoms with E-state index in [-0.39, 0.29) is 0 Å². The average Bonchev–Trinajstić information content (AvgIpc) is 2.46. The lowest BCUT2D eigenvalue weighted by atomic mass is 9.90. The fourth-order valence-electron chi connectivity index (χ4n) is 2.55. The first kappa shape index (κ1) is 20.9. The van der Waals surface area contributed by atoms with E-state index in [2.05, 4.69) is 39.9 Å². The van der Waals surface area contributed by atoms with Gasteiger partial charge in [-0.3, -0.25) is 0 Å². The summed E-state index contributed by atoms with van der Waals surface area (Å²) in [6, 6.07) is 0. The summed E-state index contributed by atoms with van der Waals surface area (Å²) < 4.78 is 0. The highest BCUT2D eigenvalue weighted by atomic mass is 32.1. The van der Waals surface area contributed by atoms with Gasteiger partial charge in [0.05, 0.1) is 4.99 Å². The molecule has 2 atom stereocenters. The summed E-state index contributed by atoms with van der Waals surface area (Å²) in [4.78, 5) is 1.01. The zero-order valence-electron chi connectivity index (χ0n) is 15.2. The van der Waals surface area contributed by atoms with Crippen molar-refractivity contribution in [1.29, 1.82) is 0 Å². The van der Waals surface area contributed by atoms with Gasteiger partial charge >= 0.3 is 0 Å². The summed E-state index contributed by atoms with van der Waals surface area (Å²) >= 11 is 5.34. The number of nitrogens with one attached hydrogen (secondary N) is 1. The van der Waals surface area contributed by atoms with Gasteiger partial charge in [0, 0.05) is 12.5 Å². The molecule has 0 rings (SSSR count). The first-order valence-electron chi connectivity index (χ1n) is 9.26. The monoisotopic (exact) mass is 313 g/mol. The maximum atomic E-state index is 5.34. The van der Waals surface area contributed by atoms with Crippen LogP contribution in [0.5, 0.6) is 0 Å². The largest absolute Gasteiger partial charge is 0.379 e. The predicted octanol–water partition coefficient (Wildman–Crippen LogP) is 6.36. The predicted molar refractivity (Wildman–Crippen MR) is 101 cm³/mol. The molecule has 0 aromatic carbocycles. The summed E-state index contributed by atoms with van der Waals surface area (Å²) in [5.74, 6) is 1.98. The second-order valence-electron chi connectivity index (χ2n) is 7.12. The van der Waals surface area contributed by atoms with Crippen LogP contribution < -0.4 is 5.32 Å². The molecule has 1 nitrogen and oxygen atoms in total. The highest BCUT2D eigenvalue weighted by molar-refractivity contribution is 7.80. The first-order chi connectivity index (χ1) is 9.99. The highest BCUT2D eigenvalue weighted by Gasteiger charge is 2.12. The maximum Gasteiger partial charge on any atom is 0.0779 e. The van der Waals surface area contributed by atoms with Crippen molar-refractivity contribution < 1.29 is 0 Å². The van der Waals surface area contributed by atoms with Crippen LogP contribution in [0.25, 0.3) is 0 Å². The van der Waals surface area contributed by atoms with Gasteiger partial charge in [-0.1, -0.05) is 105 Å². The van der Waals surface area contributed by atoms with E-state index in [0.29, 0.717) is 11.8 Å². The van der Waals surface area contributed by atoms with Gasteiger partial charge in [0.2, 0.25) is 0 Å². The molecular formula is C19H39NS. The van der Waals surface area contributed by atoms with Gasteiger partial charge < -0.3 is 5.32 Å². The third-order valence-electron chi connectivity index (χ3n) is 4.61. The molecule has 0 heterocycles. The molecule has 0 spiro atoms. The molecule has 0 bridgehead atoms. The van der Waals surface area contributed by atoms with E-state index < -0.39 is 0 Å². The molecule has 2 unspecified atom stereocenters. The Bertz CT molecular complexity index is 250. The lowest BCUT2D eigenvalue weighted by molar-refractivity contribution is 0.348. The van der Waals surface area contributed by atoms with Gasteiger partial charge in [0.15, 0.2) is 0 Å². The second-order valence-corrected chi connectivity index (χ2v) is 7.56. The van der Waals surface area contributed by atoms with E-state index in [9.17, 15) is 0 Å². The number of unbranched alkanes of at least 4 members (excludes halogenated alkanes) is 7. The molecule has 0 amide bonds. The first-order valence-corrected chi connectivity index (χ1v) is 9.67. The Kier molecular flexibility index (Phi) is 13.5. The van der Waals surface area contributed by atoms with Gasteiger partial charge in [-0.25, -0.2) is 0 Å². The van der Waals surface area contributed by atoms with E-state index >= 15 is 0 Å². The standard InChI is InChI=1S/C19H39NS/c1-6-7-8-9-10-11-12-13-14-17(4)18(5)15-20-19(21)16(2)3/h16-18H,6-15H2,1-5H3,(H,20,21). The fourth-order valence-corrected chi connectivity index (χ4v) is 2.63. The minimum Gasteiger partial charge on any atom is -0.379 e. The Hall–Kier alpha value is -0.110. The number of hydrogen-bond donors (Lipinski definition) is 1. The summed E-state index contributed by atoms with van der Waals surface area (Å²) in [5, 5.41) is 3.42. The van der Waals surface area contributed by atoms with Gasteiger partial charge in [0.1, 0.15) is 0 Å². The van der Waals surface area contributed by atoms with Crippen molar-refractivity contribution in [1.82, 2.24) is 5.32 Å². The van der Waals surface area contributed by atoms with Gasteiger partial charge in [-0.2, -0.15) is 0 Å². The number of rotatable bonds is 13. The third kappa shape index (κ3) is 12.1. The minimum atomic E-state index is 0.468. The zero-order valence-corrected chi connectivity index (χ0v) is 16.0. The second kappa shape index (κ2) is 13.5. The smallest absolute Gasteiger partial charge is 0.0779 e. The summed E-state index contributed by atoms with van der Waals surface area (Å²) in [5.41, 5.74) is 0. The van der Waals surface area contributed by atoms with Crippen LogP contribution in [0.2, 0.25) is 0 Å². The van der Waals surface area contributed by atoms with Crippen LogP contribution in [0.3, 0.4) is 0 Å². The van der Waals surface area contributed by atoms with Gasteiger partial charge in [-0.05, 0) is 11.8 Å². The number of thiocarbonyl (C=S) groups is 1. The molecule has 0 fully saturated rings. The van der Waals surface area contributed by atoms with Crippen LogP contribution in [0.4, 0.5) is 0 Å². The summed E-state index contributed by atoms with van der Waals surface area (Å²) in [6.45, 7) is 12.4. The highest BCUT2D eigenvalue weighted by Crippen LogP contribution is 2.19. The Balaban J connectivity index is 3.51. The van der Waals surface area contributed by atoms with Crippen LogP contribution in [0.1, 0.15) is 92.4 Å². The SMILES string of the molecule is CCCCCCCCCCC(C)C(C)CNC(=S)C(C)C. The average molecular weight is 314 g/mol. The molecule has 0 aliphatic rings. The molecule has 0 saturated heterocycles. The molecule has 0 aromatic rings. The van der Waals surface area contributed by atoms with Crippen molar-refractivity contribution in [2.75, 3.05) is 6.54 Å². The molecule has 2 heteroatoms. The molecule has 0 saturated carbocycles. The molecule has 0 radical (unpaired) electrons. The van der Waals surface area contributed by atoms with E-state index in [4.69, 9.17) is 12.2 Å². The van der Waals surface area contributed by atoms with Gasteiger partial charge in [0.25, 0.3) is 0 Å². The molecule has 21 heavy (non-hydrogen) atoms. The van der Waals surface area contributed by atoms with Crippen LogP contribution in [0.15, 0.2) is 0 Å². The Morgan fingerprint density at radius 1 is 0.810 bits per heavy atom. The summed E-state index contributed by atoms with van der Waals surface area (Å²) in [6.07, 6.45) is 12.7. The maximum absolute atomic E-state index is 5.34. The van der Waals surface area contributed by atoms with Crippen molar-refractivity contribution in [3.63, 3.8) is 0 Å². The van der Waals surface area contributed by atoms with Crippen molar-refractivity contribution in [2.45, 2.75) is 92.4 Å². The normalized spacial score (nSPS) is 14.2. The number of hydrogen-bond acceptors (Lipinski definition) is 1. The Labute approximate surface area is 139 Å². The lowest BCUT2D eigenvalue weighted by Crippen LogP contribution is -2.32. The molecule has 1 N–H and O–H groups in total. The topological polar surface area (TPSA) is 12.0 Å². The zero-order chi connectivity index (χ0) is 16.1. The van der Waals surface area contributed by atoms with E-state index in [1.54, 1.807) is 0 Å². The lowest BCUT2D eigenvalue weighted by Gasteiger charge is -2.22. The van der Waals surface area contributed by atoms with E-state index in [1.165, 1.54) is 57.8 Å². The van der Waals surface area contributed by atoms with E-state index in [1.807, 2.05) is 0 Å². The van der Waals surface area contributed by atoms with Crippen molar-refractivity contribution in [3.05, 3.63) is 0 Å². The minimum absolute atomic E-state index is 0.468. The van der Waals surface area contributed by atoms with Crippen molar-refractivity contribution in [2.24, 2.45) is 17.8 Å². The Morgan fingerprint density at radius 2 is 1.33 bits per heavy atom. The van der Waals surface area contributed by atoms with Crippen LogP contribution >= 0.6 is 12.2 Å². The summed E-state index contributed by atoms with van der Waals surface area (Å²) in [7, 11) is 0.